The van der Waals surface area contributed by atoms with Gasteiger partial charge in [-0.05, 0) is 5.92 Å². The average Bonchev–Trinajstić information content (AvgIpc) is 1.61. The maximum atomic E-state index is 10.1. The second-order valence-electron chi connectivity index (χ2n) is 2.20. The molecule has 8 heavy (non-hydrogen) atoms. The smallest absolute Gasteiger partial charge is 0.321 e. The second-order valence-corrected chi connectivity index (χ2v) is 2.20. The van der Waals surface area contributed by atoms with E-state index >= 15 is 0 Å². The minimum atomic E-state index is -0.733. The van der Waals surface area contributed by atoms with E-state index in [1.54, 1.807) is 0 Å². The molecule has 0 radical (unpaired) electrons. The molecule has 1 saturated heterocycles. The standard InChI is InChI=1S/C5H9NO2/c1-3-2-6-4(3)5(7)8/h3-4,6H,2H2,1H3,(H,7,8)/t3-,4?/m0/s1. The van der Waals surface area contributed by atoms with Crippen LogP contribution in [0.25, 0.3) is 0 Å². The van der Waals surface area contributed by atoms with Crippen LogP contribution in [0.1, 0.15) is 6.92 Å². The van der Waals surface area contributed by atoms with E-state index in [2.05, 4.69) is 5.32 Å². The summed E-state index contributed by atoms with van der Waals surface area (Å²) < 4.78 is 0. The van der Waals surface area contributed by atoms with Gasteiger partial charge in [0, 0.05) is 6.54 Å². The number of hydrogen-bond acceptors (Lipinski definition) is 2. The first-order chi connectivity index (χ1) is 3.72. The number of carboxylic acid groups (broad SMARTS) is 1. The molecule has 0 aromatic heterocycles. The van der Waals surface area contributed by atoms with Gasteiger partial charge in [-0.2, -0.15) is 0 Å². The van der Waals surface area contributed by atoms with Gasteiger partial charge in [0.2, 0.25) is 0 Å². The molecule has 2 N–H and O–H groups in total. The van der Waals surface area contributed by atoms with E-state index < -0.39 is 5.97 Å². The third-order valence-corrected chi connectivity index (χ3v) is 1.49. The van der Waals surface area contributed by atoms with Crippen molar-refractivity contribution < 1.29 is 9.90 Å². The van der Waals surface area contributed by atoms with Crippen LogP contribution in [-0.2, 0) is 4.79 Å². The van der Waals surface area contributed by atoms with E-state index in [1.165, 1.54) is 0 Å². The molecule has 0 aromatic carbocycles. The number of nitrogens with one attached hydrogen (secondary N) is 1. The largest absolute Gasteiger partial charge is 0.480 e. The van der Waals surface area contributed by atoms with Gasteiger partial charge < -0.3 is 10.4 Å². The maximum absolute atomic E-state index is 10.1. The summed E-state index contributed by atoms with van der Waals surface area (Å²) in [6, 6.07) is -0.282. The predicted octanol–water partition coefficient (Wildman–Crippen LogP) is -0.321. The average molecular weight is 115 g/mol. The van der Waals surface area contributed by atoms with Gasteiger partial charge in [-0.3, -0.25) is 4.79 Å². The lowest BCUT2D eigenvalue weighted by atomic mass is 9.94. The monoisotopic (exact) mass is 115 g/mol. The Balaban J connectivity index is 2.37. The third-order valence-electron chi connectivity index (χ3n) is 1.49. The molecule has 1 aliphatic heterocycles. The zero-order valence-corrected chi connectivity index (χ0v) is 4.72. The van der Waals surface area contributed by atoms with Crippen molar-refractivity contribution in [1.29, 1.82) is 0 Å². The first kappa shape index (κ1) is 5.56. The van der Waals surface area contributed by atoms with E-state index in [9.17, 15) is 4.79 Å². The van der Waals surface area contributed by atoms with Crippen LogP contribution in [0.5, 0.6) is 0 Å². The first-order valence-electron chi connectivity index (χ1n) is 2.68. The molecule has 3 heteroatoms. The molecule has 1 aliphatic rings. The molecule has 0 aromatic rings. The van der Waals surface area contributed by atoms with Gasteiger partial charge in [-0.25, -0.2) is 0 Å². The molecule has 1 fully saturated rings. The molecule has 1 unspecified atom stereocenters. The zero-order chi connectivity index (χ0) is 6.15. The van der Waals surface area contributed by atoms with Gasteiger partial charge in [-0.15, -0.1) is 0 Å². The minimum Gasteiger partial charge on any atom is -0.480 e. The fraction of sp³-hybridized carbons (Fsp3) is 0.800. The summed E-state index contributed by atoms with van der Waals surface area (Å²) >= 11 is 0. The molecule has 0 amide bonds. The lowest BCUT2D eigenvalue weighted by Crippen LogP contribution is -2.55. The fourth-order valence-electron chi connectivity index (χ4n) is 0.802. The van der Waals surface area contributed by atoms with E-state index in [-0.39, 0.29) is 6.04 Å². The van der Waals surface area contributed by atoms with Gasteiger partial charge in [0.05, 0.1) is 0 Å². The SMILES string of the molecule is C[C@H]1CNC1C(=O)O. The summed E-state index contributed by atoms with van der Waals surface area (Å²) in [6.45, 7) is 2.77. The van der Waals surface area contributed by atoms with E-state index in [0.29, 0.717) is 5.92 Å². The molecule has 0 bridgehead atoms. The van der Waals surface area contributed by atoms with Crippen molar-refractivity contribution in [1.82, 2.24) is 5.32 Å². The Hall–Kier alpha value is -0.570. The van der Waals surface area contributed by atoms with E-state index in [4.69, 9.17) is 5.11 Å². The van der Waals surface area contributed by atoms with Crippen LogP contribution in [0, 0.1) is 5.92 Å². The molecule has 46 valence electrons. The Kier molecular flexibility index (Phi) is 1.21. The van der Waals surface area contributed by atoms with Crippen molar-refractivity contribution in [2.75, 3.05) is 6.54 Å². The van der Waals surface area contributed by atoms with Crippen molar-refractivity contribution in [2.24, 2.45) is 5.92 Å². The summed E-state index contributed by atoms with van der Waals surface area (Å²) in [5.74, 6) is -0.420. The number of rotatable bonds is 1. The van der Waals surface area contributed by atoms with Crippen molar-refractivity contribution in [3.8, 4) is 0 Å². The summed E-state index contributed by atoms with van der Waals surface area (Å²) in [5.41, 5.74) is 0. The highest BCUT2D eigenvalue weighted by atomic mass is 16.4. The van der Waals surface area contributed by atoms with Crippen LogP contribution in [0.15, 0.2) is 0 Å². The quantitative estimate of drug-likeness (QED) is 0.492. The molecule has 0 spiro atoms. The maximum Gasteiger partial charge on any atom is 0.321 e. The van der Waals surface area contributed by atoms with Crippen molar-refractivity contribution in [3.63, 3.8) is 0 Å². The Labute approximate surface area is 47.7 Å². The Morgan fingerprint density at radius 1 is 1.88 bits per heavy atom. The van der Waals surface area contributed by atoms with Crippen molar-refractivity contribution in [2.45, 2.75) is 13.0 Å². The number of hydrogen-bond donors (Lipinski definition) is 2. The molecule has 2 atom stereocenters. The molecular weight excluding hydrogens is 106 g/mol. The van der Waals surface area contributed by atoms with Crippen molar-refractivity contribution in [3.05, 3.63) is 0 Å². The normalized spacial score (nSPS) is 36.1. The molecular formula is C5H9NO2. The minimum absolute atomic E-state index is 0.282. The summed E-state index contributed by atoms with van der Waals surface area (Å²) in [5, 5.41) is 11.1. The molecule has 0 saturated carbocycles. The molecule has 1 rings (SSSR count). The number of aliphatic carboxylic acids is 1. The van der Waals surface area contributed by atoms with Crippen LogP contribution in [0.2, 0.25) is 0 Å². The fourth-order valence-corrected chi connectivity index (χ4v) is 0.802. The first-order valence-corrected chi connectivity index (χ1v) is 2.68. The highest BCUT2D eigenvalue weighted by Crippen LogP contribution is 2.10. The number of carbonyl (C=O) groups is 1. The van der Waals surface area contributed by atoms with Gasteiger partial charge in [0.1, 0.15) is 6.04 Å². The summed E-state index contributed by atoms with van der Waals surface area (Å²) in [6.07, 6.45) is 0. The van der Waals surface area contributed by atoms with Crippen LogP contribution in [-0.4, -0.2) is 23.7 Å². The Morgan fingerprint density at radius 2 is 2.50 bits per heavy atom. The van der Waals surface area contributed by atoms with Crippen LogP contribution < -0.4 is 5.32 Å². The summed E-state index contributed by atoms with van der Waals surface area (Å²) in [7, 11) is 0. The molecule has 3 nitrogen and oxygen atoms in total. The van der Waals surface area contributed by atoms with E-state index in [1.807, 2.05) is 6.92 Å². The van der Waals surface area contributed by atoms with E-state index in [0.717, 1.165) is 6.54 Å². The highest BCUT2D eigenvalue weighted by molar-refractivity contribution is 5.74. The number of carboxylic acids is 1. The Bertz CT molecular complexity index is 113. The van der Waals surface area contributed by atoms with Gasteiger partial charge in [0.15, 0.2) is 0 Å². The van der Waals surface area contributed by atoms with Gasteiger partial charge in [0.25, 0.3) is 0 Å². The topological polar surface area (TPSA) is 49.3 Å². The Morgan fingerprint density at radius 3 is 2.50 bits per heavy atom. The van der Waals surface area contributed by atoms with Crippen LogP contribution >= 0.6 is 0 Å². The van der Waals surface area contributed by atoms with Gasteiger partial charge >= 0.3 is 5.97 Å². The second kappa shape index (κ2) is 1.74. The lowest BCUT2D eigenvalue weighted by molar-refractivity contribution is -0.143. The summed E-state index contributed by atoms with van der Waals surface area (Å²) in [4.78, 5) is 10.1. The van der Waals surface area contributed by atoms with Crippen molar-refractivity contribution >= 4 is 5.97 Å². The van der Waals surface area contributed by atoms with Crippen LogP contribution in [0.3, 0.4) is 0 Å². The lowest BCUT2D eigenvalue weighted by Gasteiger charge is -2.31. The predicted molar refractivity (Wildman–Crippen MR) is 28.6 cm³/mol. The zero-order valence-electron chi connectivity index (χ0n) is 4.72. The molecule has 0 aliphatic carbocycles. The highest BCUT2D eigenvalue weighted by Gasteiger charge is 2.31. The third kappa shape index (κ3) is 0.690. The molecule has 1 heterocycles. The van der Waals surface area contributed by atoms with Crippen LogP contribution in [0.4, 0.5) is 0 Å². The van der Waals surface area contributed by atoms with Gasteiger partial charge in [-0.1, -0.05) is 6.92 Å².